The molecule has 5 heteroatoms. The quantitative estimate of drug-likeness (QED) is 0.867. The molecule has 1 aromatic carbocycles. The Bertz CT molecular complexity index is 670. The zero-order valence-corrected chi connectivity index (χ0v) is 13.4. The zero-order chi connectivity index (χ0) is 15.5. The molecule has 1 aliphatic heterocycles. The van der Waals surface area contributed by atoms with Crippen LogP contribution in [0.25, 0.3) is 0 Å². The number of piperidine rings is 1. The number of aryl methyl sites for hydroxylation is 1. The van der Waals surface area contributed by atoms with Crippen LogP contribution in [0.5, 0.6) is 0 Å². The SMILES string of the molecule is Cc1csc([C@H]2CCCN(C(=O)Cc3cccc(F)c3)C2)n1. The molecular weight excluding hydrogens is 299 g/mol. The fourth-order valence-corrected chi connectivity index (χ4v) is 3.82. The third-order valence-electron chi connectivity index (χ3n) is 4.00. The molecule has 3 nitrogen and oxygen atoms in total. The smallest absolute Gasteiger partial charge is 0.227 e. The Labute approximate surface area is 133 Å². The predicted octanol–water partition coefficient (Wildman–Crippen LogP) is 3.54. The van der Waals surface area contributed by atoms with Gasteiger partial charge >= 0.3 is 0 Å². The molecule has 0 bridgehead atoms. The highest BCUT2D eigenvalue weighted by Crippen LogP contribution is 2.29. The average molecular weight is 318 g/mol. The molecule has 0 unspecified atom stereocenters. The minimum atomic E-state index is -0.292. The zero-order valence-electron chi connectivity index (χ0n) is 12.6. The van der Waals surface area contributed by atoms with Crippen molar-refractivity contribution < 1.29 is 9.18 Å². The lowest BCUT2D eigenvalue weighted by atomic mass is 9.98. The second kappa shape index (κ2) is 6.57. The normalized spacial score (nSPS) is 18.5. The molecule has 1 saturated heterocycles. The van der Waals surface area contributed by atoms with Crippen LogP contribution in [0.1, 0.15) is 35.0 Å². The van der Waals surface area contributed by atoms with Crippen LogP contribution in [-0.2, 0) is 11.2 Å². The van der Waals surface area contributed by atoms with Gasteiger partial charge in [0.05, 0.1) is 11.4 Å². The number of carbonyl (C=O) groups excluding carboxylic acids is 1. The molecule has 0 aliphatic carbocycles. The minimum Gasteiger partial charge on any atom is -0.342 e. The standard InChI is InChI=1S/C17H19FN2OS/c1-12-11-22-17(19-12)14-5-3-7-20(10-14)16(21)9-13-4-2-6-15(18)8-13/h2,4,6,8,11,14H,3,5,7,9-10H2,1H3/t14-/m0/s1. The summed E-state index contributed by atoms with van der Waals surface area (Å²) in [5.41, 5.74) is 1.78. The van der Waals surface area contributed by atoms with Gasteiger partial charge < -0.3 is 4.90 Å². The first-order chi connectivity index (χ1) is 10.6. The Kier molecular flexibility index (Phi) is 4.52. The molecule has 1 amide bonds. The highest BCUT2D eigenvalue weighted by Gasteiger charge is 2.26. The van der Waals surface area contributed by atoms with Gasteiger partial charge in [-0.25, -0.2) is 9.37 Å². The molecule has 0 spiro atoms. The van der Waals surface area contributed by atoms with Gasteiger partial charge in [0, 0.05) is 30.1 Å². The lowest BCUT2D eigenvalue weighted by molar-refractivity contribution is -0.131. The Balaban J connectivity index is 1.65. The van der Waals surface area contributed by atoms with E-state index in [0.717, 1.165) is 42.2 Å². The predicted molar refractivity (Wildman–Crippen MR) is 85.5 cm³/mol. The number of rotatable bonds is 3. The molecule has 1 aromatic heterocycles. The molecule has 2 heterocycles. The van der Waals surface area contributed by atoms with Crippen LogP contribution in [0, 0.1) is 12.7 Å². The van der Waals surface area contributed by atoms with Gasteiger partial charge in [0.15, 0.2) is 0 Å². The maximum absolute atomic E-state index is 13.2. The first-order valence-electron chi connectivity index (χ1n) is 7.56. The maximum atomic E-state index is 13.2. The van der Waals surface area contributed by atoms with Crippen molar-refractivity contribution >= 4 is 17.2 Å². The van der Waals surface area contributed by atoms with Gasteiger partial charge in [-0.3, -0.25) is 4.79 Å². The molecule has 2 aromatic rings. The summed E-state index contributed by atoms with van der Waals surface area (Å²) < 4.78 is 13.2. The number of likely N-dealkylation sites (tertiary alicyclic amines) is 1. The van der Waals surface area contributed by atoms with E-state index in [-0.39, 0.29) is 18.1 Å². The summed E-state index contributed by atoms with van der Waals surface area (Å²) in [5.74, 6) is 0.118. The van der Waals surface area contributed by atoms with Crippen molar-refractivity contribution in [1.82, 2.24) is 9.88 Å². The number of aromatic nitrogens is 1. The summed E-state index contributed by atoms with van der Waals surface area (Å²) in [6.45, 7) is 3.51. The van der Waals surface area contributed by atoms with Gasteiger partial charge in [0.2, 0.25) is 5.91 Å². The van der Waals surface area contributed by atoms with E-state index in [0.29, 0.717) is 5.92 Å². The molecule has 1 aliphatic rings. The summed E-state index contributed by atoms with van der Waals surface area (Å²) in [4.78, 5) is 18.9. The molecule has 116 valence electrons. The van der Waals surface area contributed by atoms with E-state index in [1.807, 2.05) is 11.8 Å². The lowest BCUT2D eigenvalue weighted by Crippen LogP contribution is -2.39. The maximum Gasteiger partial charge on any atom is 0.227 e. The van der Waals surface area contributed by atoms with Crippen LogP contribution in [0.2, 0.25) is 0 Å². The summed E-state index contributed by atoms with van der Waals surface area (Å²) >= 11 is 1.68. The topological polar surface area (TPSA) is 33.2 Å². The summed E-state index contributed by atoms with van der Waals surface area (Å²) in [6, 6.07) is 6.28. The molecule has 1 atom stereocenters. The molecule has 1 fully saturated rings. The molecule has 0 saturated carbocycles. The molecule has 22 heavy (non-hydrogen) atoms. The molecule has 0 radical (unpaired) electrons. The van der Waals surface area contributed by atoms with Gasteiger partial charge in [-0.1, -0.05) is 12.1 Å². The van der Waals surface area contributed by atoms with E-state index in [1.165, 1.54) is 12.1 Å². The third kappa shape index (κ3) is 3.53. The van der Waals surface area contributed by atoms with Crippen molar-refractivity contribution in [3.8, 4) is 0 Å². The number of benzene rings is 1. The molecular formula is C17H19FN2OS. The second-order valence-electron chi connectivity index (χ2n) is 5.81. The Morgan fingerprint density at radius 1 is 1.50 bits per heavy atom. The van der Waals surface area contributed by atoms with Gasteiger partial charge in [0.25, 0.3) is 0 Å². The van der Waals surface area contributed by atoms with Crippen molar-refractivity contribution in [3.63, 3.8) is 0 Å². The van der Waals surface area contributed by atoms with Crippen LogP contribution >= 0.6 is 11.3 Å². The van der Waals surface area contributed by atoms with Crippen LogP contribution in [0.4, 0.5) is 4.39 Å². The minimum absolute atomic E-state index is 0.0728. The average Bonchev–Trinajstić information content (AvgIpc) is 2.94. The Morgan fingerprint density at radius 2 is 2.36 bits per heavy atom. The van der Waals surface area contributed by atoms with Crippen LogP contribution in [0.15, 0.2) is 29.6 Å². The molecule has 0 N–H and O–H groups in total. The summed E-state index contributed by atoms with van der Waals surface area (Å²) in [6.07, 6.45) is 2.34. The number of nitrogens with zero attached hydrogens (tertiary/aromatic N) is 2. The van der Waals surface area contributed by atoms with Crippen LogP contribution in [-0.4, -0.2) is 28.9 Å². The van der Waals surface area contributed by atoms with E-state index in [9.17, 15) is 9.18 Å². The number of thiazole rings is 1. The van der Waals surface area contributed by atoms with Gasteiger partial charge in [-0.2, -0.15) is 0 Å². The van der Waals surface area contributed by atoms with Crippen molar-refractivity contribution in [1.29, 1.82) is 0 Å². The number of halogens is 1. The first kappa shape index (κ1) is 15.2. The largest absolute Gasteiger partial charge is 0.342 e. The lowest BCUT2D eigenvalue weighted by Gasteiger charge is -2.32. The van der Waals surface area contributed by atoms with Crippen LogP contribution < -0.4 is 0 Å². The monoisotopic (exact) mass is 318 g/mol. The van der Waals surface area contributed by atoms with E-state index in [1.54, 1.807) is 23.5 Å². The van der Waals surface area contributed by atoms with Crippen molar-refractivity contribution in [2.75, 3.05) is 13.1 Å². The highest BCUT2D eigenvalue weighted by molar-refractivity contribution is 7.09. The summed E-state index contributed by atoms with van der Waals surface area (Å²) in [7, 11) is 0. The van der Waals surface area contributed by atoms with Gasteiger partial charge in [-0.15, -0.1) is 11.3 Å². The van der Waals surface area contributed by atoms with Crippen molar-refractivity contribution in [2.45, 2.75) is 32.1 Å². The second-order valence-corrected chi connectivity index (χ2v) is 6.70. The van der Waals surface area contributed by atoms with E-state index < -0.39 is 0 Å². The number of amides is 1. The van der Waals surface area contributed by atoms with Crippen LogP contribution in [0.3, 0.4) is 0 Å². The number of hydrogen-bond donors (Lipinski definition) is 0. The summed E-state index contributed by atoms with van der Waals surface area (Å²) in [5, 5.41) is 3.18. The fourth-order valence-electron chi connectivity index (χ4n) is 2.90. The number of hydrogen-bond acceptors (Lipinski definition) is 3. The Morgan fingerprint density at radius 3 is 3.09 bits per heavy atom. The molecule has 3 rings (SSSR count). The van der Waals surface area contributed by atoms with E-state index in [4.69, 9.17) is 0 Å². The van der Waals surface area contributed by atoms with Gasteiger partial charge in [0.1, 0.15) is 5.82 Å². The third-order valence-corrected chi connectivity index (χ3v) is 5.13. The first-order valence-corrected chi connectivity index (χ1v) is 8.44. The highest BCUT2D eigenvalue weighted by atomic mass is 32.1. The fraction of sp³-hybridized carbons (Fsp3) is 0.412. The Hall–Kier alpha value is -1.75. The van der Waals surface area contributed by atoms with E-state index in [2.05, 4.69) is 10.4 Å². The van der Waals surface area contributed by atoms with Gasteiger partial charge in [-0.05, 0) is 37.5 Å². The van der Waals surface area contributed by atoms with Crippen molar-refractivity contribution in [3.05, 3.63) is 51.7 Å². The van der Waals surface area contributed by atoms with Crippen molar-refractivity contribution in [2.24, 2.45) is 0 Å². The van der Waals surface area contributed by atoms with E-state index >= 15 is 0 Å². The number of carbonyl (C=O) groups is 1.